The minimum absolute atomic E-state index is 0.342. The van der Waals surface area contributed by atoms with Crippen molar-refractivity contribution in [1.29, 1.82) is 0 Å². The zero-order chi connectivity index (χ0) is 12.3. The molecule has 2 rings (SSSR count). The first-order valence-electron chi connectivity index (χ1n) is 6.05. The molecule has 1 aromatic rings. The summed E-state index contributed by atoms with van der Waals surface area (Å²) in [5.41, 5.74) is 1.31. The van der Waals surface area contributed by atoms with E-state index in [2.05, 4.69) is 41.3 Å². The fourth-order valence-electron chi connectivity index (χ4n) is 2.40. The number of hydrogen-bond donors (Lipinski definition) is 1. The molecular weight excluding hydrogens is 234 g/mol. The third-order valence-electron chi connectivity index (χ3n) is 3.15. The summed E-state index contributed by atoms with van der Waals surface area (Å²) in [7, 11) is 4.25. The highest BCUT2D eigenvalue weighted by Crippen LogP contribution is 2.24. The Kier molecular flexibility index (Phi) is 4.40. The number of benzene rings is 1. The van der Waals surface area contributed by atoms with E-state index in [4.69, 9.17) is 11.6 Å². The maximum atomic E-state index is 5.94. The van der Waals surface area contributed by atoms with Crippen LogP contribution >= 0.6 is 11.6 Å². The molecule has 0 aromatic heterocycles. The van der Waals surface area contributed by atoms with Crippen LogP contribution in [0.3, 0.4) is 0 Å². The van der Waals surface area contributed by atoms with E-state index in [0.717, 1.165) is 31.2 Å². The van der Waals surface area contributed by atoms with E-state index in [0.29, 0.717) is 6.17 Å². The number of nitrogens with one attached hydrogen (secondary N) is 1. The van der Waals surface area contributed by atoms with Gasteiger partial charge in [-0.3, -0.25) is 9.80 Å². The number of rotatable bonds is 3. The Bertz CT molecular complexity index is 344. The molecule has 17 heavy (non-hydrogen) atoms. The summed E-state index contributed by atoms with van der Waals surface area (Å²) in [5, 5.41) is 4.19. The summed E-state index contributed by atoms with van der Waals surface area (Å²) in [5.74, 6) is 0. The molecule has 1 heterocycles. The van der Waals surface area contributed by atoms with Gasteiger partial charge in [0.25, 0.3) is 0 Å². The second-order valence-electron chi connectivity index (χ2n) is 4.67. The van der Waals surface area contributed by atoms with Crippen LogP contribution in [0.4, 0.5) is 0 Å². The van der Waals surface area contributed by atoms with E-state index in [1.165, 1.54) is 5.56 Å². The topological polar surface area (TPSA) is 18.5 Å². The predicted molar refractivity (Wildman–Crippen MR) is 72.3 cm³/mol. The first-order valence-corrected chi connectivity index (χ1v) is 6.43. The monoisotopic (exact) mass is 253 g/mol. The van der Waals surface area contributed by atoms with Gasteiger partial charge < -0.3 is 5.32 Å². The van der Waals surface area contributed by atoms with Gasteiger partial charge in [0.15, 0.2) is 0 Å². The van der Waals surface area contributed by atoms with Gasteiger partial charge in [0, 0.05) is 31.2 Å². The van der Waals surface area contributed by atoms with Gasteiger partial charge in [0.05, 0.1) is 6.17 Å². The van der Waals surface area contributed by atoms with E-state index in [-0.39, 0.29) is 0 Å². The largest absolute Gasteiger partial charge is 0.314 e. The third-order valence-corrected chi connectivity index (χ3v) is 3.41. The number of nitrogens with zero attached hydrogens (tertiary/aromatic N) is 2. The van der Waals surface area contributed by atoms with E-state index in [1.807, 2.05) is 12.1 Å². The van der Waals surface area contributed by atoms with Crippen molar-refractivity contribution in [3.63, 3.8) is 0 Å². The van der Waals surface area contributed by atoms with Crippen molar-refractivity contribution in [1.82, 2.24) is 15.1 Å². The lowest BCUT2D eigenvalue weighted by Crippen LogP contribution is -2.48. The first kappa shape index (κ1) is 12.8. The molecule has 0 radical (unpaired) electrons. The lowest BCUT2D eigenvalue weighted by Gasteiger charge is -2.38. The average Bonchev–Trinajstić information content (AvgIpc) is 2.33. The molecular formula is C13H20ClN3. The Morgan fingerprint density at radius 1 is 1.18 bits per heavy atom. The lowest BCUT2D eigenvalue weighted by atomic mass is 10.1. The van der Waals surface area contributed by atoms with Gasteiger partial charge in [-0.05, 0) is 31.8 Å². The van der Waals surface area contributed by atoms with Gasteiger partial charge >= 0.3 is 0 Å². The van der Waals surface area contributed by atoms with Gasteiger partial charge in [-0.15, -0.1) is 0 Å². The van der Waals surface area contributed by atoms with Crippen molar-refractivity contribution in [2.45, 2.75) is 6.17 Å². The van der Waals surface area contributed by atoms with E-state index < -0.39 is 0 Å². The Morgan fingerprint density at radius 2 is 1.76 bits per heavy atom. The van der Waals surface area contributed by atoms with Crippen LogP contribution in [0, 0.1) is 0 Å². The van der Waals surface area contributed by atoms with Crippen LogP contribution in [-0.4, -0.2) is 50.1 Å². The molecule has 0 aliphatic carbocycles. The summed E-state index contributed by atoms with van der Waals surface area (Å²) >= 11 is 5.94. The second kappa shape index (κ2) is 5.83. The maximum absolute atomic E-state index is 5.94. The SMILES string of the molecule is CN(C)C(c1ccc(Cl)cc1)N1CCNCC1. The molecule has 1 aliphatic rings. The minimum Gasteiger partial charge on any atom is -0.314 e. The van der Waals surface area contributed by atoms with Crippen molar-refractivity contribution >= 4 is 11.6 Å². The fraction of sp³-hybridized carbons (Fsp3) is 0.538. The highest BCUT2D eigenvalue weighted by Gasteiger charge is 2.23. The van der Waals surface area contributed by atoms with Crippen molar-refractivity contribution in [3.8, 4) is 0 Å². The predicted octanol–water partition coefficient (Wildman–Crippen LogP) is 1.81. The standard InChI is InChI=1S/C13H20ClN3/c1-16(2)13(17-9-7-15-8-10-17)11-3-5-12(14)6-4-11/h3-6,13,15H,7-10H2,1-2H3. The van der Waals surface area contributed by atoms with E-state index in [9.17, 15) is 0 Å². The van der Waals surface area contributed by atoms with Crippen molar-refractivity contribution in [2.24, 2.45) is 0 Å². The maximum Gasteiger partial charge on any atom is 0.0882 e. The number of halogens is 1. The van der Waals surface area contributed by atoms with Gasteiger partial charge in [0.2, 0.25) is 0 Å². The van der Waals surface area contributed by atoms with Crippen LogP contribution in [0.2, 0.25) is 5.02 Å². The molecule has 1 saturated heterocycles. The molecule has 1 unspecified atom stereocenters. The summed E-state index contributed by atoms with van der Waals surface area (Å²) < 4.78 is 0. The molecule has 3 nitrogen and oxygen atoms in total. The second-order valence-corrected chi connectivity index (χ2v) is 5.11. The average molecular weight is 254 g/mol. The van der Waals surface area contributed by atoms with E-state index in [1.54, 1.807) is 0 Å². The van der Waals surface area contributed by atoms with Crippen LogP contribution in [-0.2, 0) is 0 Å². The van der Waals surface area contributed by atoms with Gasteiger partial charge in [0.1, 0.15) is 0 Å². The van der Waals surface area contributed by atoms with Crippen molar-refractivity contribution < 1.29 is 0 Å². The van der Waals surface area contributed by atoms with Crippen LogP contribution < -0.4 is 5.32 Å². The molecule has 1 atom stereocenters. The van der Waals surface area contributed by atoms with Crippen LogP contribution in [0.15, 0.2) is 24.3 Å². The normalized spacial score (nSPS) is 19.5. The lowest BCUT2D eigenvalue weighted by molar-refractivity contribution is 0.0673. The molecule has 1 fully saturated rings. The zero-order valence-corrected chi connectivity index (χ0v) is 11.2. The summed E-state index contributed by atoms with van der Waals surface area (Å²) in [4.78, 5) is 4.76. The number of piperazine rings is 1. The highest BCUT2D eigenvalue weighted by molar-refractivity contribution is 6.30. The quantitative estimate of drug-likeness (QED) is 0.887. The first-order chi connectivity index (χ1) is 8.18. The molecule has 0 bridgehead atoms. The molecule has 0 amide bonds. The van der Waals surface area contributed by atoms with E-state index >= 15 is 0 Å². The molecule has 1 aromatic carbocycles. The van der Waals surface area contributed by atoms with Crippen LogP contribution in [0.25, 0.3) is 0 Å². The minimum atomic E-state index is 0.342. The summed E-state index contributed by atoms with van der Waals surface area (Å²) in [6.45, 7) is 4.31. The molecule has 4 heteroatoms. The van der Waals surface area contributed by atoms with Crippen LogP contribution in [0.5, 0.6) is 0 Å². The number of hydrogen-bond acceptors (Lipinski definition) is 3. The molecule has 1 N–H and O–H groups in total. The van der Waals surface area contributed by atoms with Gasteiger partial charge in [-0.25, -0.2) is 0 Å². The third kappa shape index (κ3) is 3.19. The smallest absolute Gasteiger partial charge is 0.0882 e. The molecule has 1 aliphatic heterocycles. The Morgan fingerprint density at radius 3 is 2.29 bits per heavy atom. The van der Waals surface area contributed by atoms with Gasteiger partial charge in [-0.2, -0.15) is 0 Å². The van der Waals surface area contributed by atoms with Gasteiger partial charge in [-0.1, -0.05) is 23.7 Å². The summed E-state index contributed by atoms with van der Waals surface area (Å²) in [6.07, 6.45) is 0.342. The highest BCUT2D eigenvalue weighted by atomic mass is 35.5. The molecule has 0 saturated carbocycles. The van der Waals surface area contributed by atoms with Crippen molar-refractivity contribution in [2.75, 3.05) is 40.3 Å². The Balaban J connectivity index is 2.18. The van der Waals surface area contributed by atoms with Crippen LogP contribution in [0.1, 0.15) is 11.7 Å². The summed E-state index contributed by atoms with van der Waals surface area (Å²) in [6, 6.07) is 8.18. The Labute approximate surface area is 108 Å². The Hall–Kier alpha value is -0.610. The zero-order valence-electron chi connectivity index (χ0n) is 10.5. The van der Waals surface area contributed by atoms with Crippen molar-refractivity contribution in [3.05, 3.63) is 34.9 Å². The molecule has 0 spiro atoms. The molecule has 94 valence electrons. The fourth-order valence-corrected chi connectivity index (χ4v) is 2.52.